The summed E-state index contributed by atoms with van der Waals surface area (Å²) in [5.74, 6) is 0.795. The zero-order valence-corrected chi connectivity index (χ0v) is 16.9. The number of H-pyrrole nitrogens is 1. The van der Waals surface area contributed by atoms with Crippen LogP contribution in [0.1, 0.15) is 42.3 Å². The van der Waals surface area contributed by atoms with Crippen molar-refractivity contribution in [2.24, 2.45) is 0 Å². The van der Waals surface area contributed by atoms with Crippen LogP contribution in [0.5, 0.6) is 0 Å². The number of nitrogens with one attached hydrogen (secondary N) is 3. The SMILES string of the molecule is CCCc1n[nH]c(=S)n1CC(=O)NNC(=O)c1ccc2c(c1)nc(C)n2CC. The molecule has 28 heavy (non-hydrogen) atoms. The van der Waals surface area contributed by atoms with Crippen molar-refractivity contribution in [3.8, 4) is 0 Å². The van der Waals surface area contributed by atoms with Gasteiger partial charge in [-0.2, -0.15) is 5.10 Å². The average Bonchev–Trinajstić information content (AvgIpc) is 3.18. The summed E-state index contributed by atoms with van der Waals surface area (Å²) in [6, 6.07) is 5.28. The van der Waals surface area contributed by atoms with Gasteiger partial charge in [-0.25, -0.2) is 4.98 Å². The van der Waals surface area contributed by atoms with E-state index >= 15 is 0 Å². The Morgan fingerprint density at radius 2 is 2.00 bits per heavy atom. The number of imidazole rings is 1. The predicted octanol–water partition coefficient (Wildman–Crippen LogP) is 2.03. The first-order valence-corrected chi connectivity index (χ1v) is 9.55. The van der Waals surface area contributed by atoms with E-state index in [4.69, 9.17) is 12.2 Å². The van der Waals surface area contributed by atoms with Crippen molar-refractivity contribution in [3.05, 3.63) is 40.2 Å². The van der Waals surface area contributed by atoms with E-state index in [9.17, 15) is 9.59 Å². The third-order valence-corrected chi connectivity index (χ3v) is 4.76. The van der Waals surface area contributed by atoms with Crippen LogP contribution in [0.2, 0.25) is 0 Å². The fourth-order valence-electron chi connectivity index (χ4n) is 3.10. The highest BCUT2D eigenvalue weighted by atomic mass is 32.1. The molecule has 3 aromatic rings. The maximum atomic E-state index is 12.4. The molecule has 0 atom stereocenters. The lowest BCUT2D eigenvalue weighted by molar-refractivity contribution is -0.122. The highest BCUT2D eigenvalue weighted by molar-refractivity contribution is 7.71. The van der Waals surface area contributed by atoms with Gasteiger partial charge in [-0.1, -0.05) is 6.92 Å². The quantitative estimate of drug-likeness (QED) is 0.432. The maximum absolute atomic E-state index is 12.4. The van der Waals surface area contributed by atoms with Crippen LogP contribution < -0.4 is 10.9 Å². The van der Waals surface area contributed by atoms with Crippen LogP contribution in [0.25, 0.3) is 11.0 Å². The molecule has 2 amide bonds. The summed E-state index contributed by atoms with van der Waals surface area (Å²) in [5, 5.41) is 6.80. The largest absolute Gasteiger partial charge is 0.329 e. The fraction of sp³-hybridized carbons (Fsp3) is 0.389. The van der Waals surface area contributed by atoms with Gasteiger partial charge in [0, 0.05) is 18.5 Å². The van der Waals surface area contributed by atoms with Gasteiger partial charge in [0.1, 0.15) is 18.2 Å². The van der Waals surface area contributed by atoms with Crippen molar-refractivity contribution >= 4 is 35.1 Å². The maximum Gasteiger partial charge on any atom is 0.269 e. The lowest BCUT2D eigenvalue weighted by Gasteiger charge is -2.09. The third-order valence-electron chi connectivity index (χ3n) is 4.45. The first-order chi connectivity index (χ1) is 13.4. The van der Waals surface area contributed by atoms with Crippen LogP contribution in [-0.4, -0.2) is 36.1 Å². The van der Waals surface area contributed by atoms with Crippen LogP contribution in [0.4, 0.5) is 0 Å². The molecule has 10 heteroatoms. The van der Waals surface area contributed by atoms with Crippen molar-refractivity contribution in [2.45, 2.75) is 46.7 Å². The van der Waals surface area contributed by atoms with Crippen LogP contribution >= 0.6 is 12.2 Å². The number of carbonyl (C=O) groups excluding carboxylic acids is 2. The molecule has 0 aliphatic heterocycles. The minimum absolute atomic E-state index is 0.0237. The molecule has 148 valence electrons. The van der Waals surface area contributed by atoms with Crippen LogP contribution in [0, 0.1) is 11.7 Å². The number of hydrazine groups is 1. The highest BCUT2D eigenvalue weighted by Crippen LogP contribution is 2.17. The Hall–Kier alpha value is -3.01. The number of hydrogen-bond acceptors (Lipinski definition) is 5. The Morgan fingerprint density at radius 1 is 1.21 bits per heavy atom. The molecule has 3 rings (SSSR count). The minimum atomic E-state index is -0.413. The van der Waals surface area contributed by atoms with Crippen molar-refractivity contribution in [1.29, 1.82) is 0 Å². The second-order valence-corrected chi connectivity index (χ2v) is 6.78. The van der Waals surface area contributed by atoms with Gasteiger partial charge in [0.2, 0.25) is 0 Å². The number of fused-ring (bicyclic) bond motifs is 1. The second kappa shape index (κ2) is 8.34. The van der Waals surface area contributed by atoms with Crippen molar-refractivity contribution < 1.29 is 9.59 Å². The summed E-state index contributed by atoms with van der Waals surface area (Å²) >= 11 is 5.15. The first kappa shape index (κ1) is 19.7. The smallest absolute Gasteiger partial charge is 0.269 e. The van der Waals surface area contributed by atoms with E-state index in [-0.39, 0.29) is 6.54 Å². The van der Waals surface area contributed by atoms with E-state index in [0.717, 1.165) is 29.8 Å². The van der Waals surface area contributed by atoms with Gasteiger partial charge in [-0.3, -0.25) is 30.1 Å². The Balaban J connectivity index is 1.65. The summed E-state index contributed by atoms with van der Waals surface area (Å²) in [6.07, 6.45) is 1.59. The lowest BCUT2D eigenvalue weighted by atomic mass is 10.2. The molecule has 3 N–H and O–H groups in total. The average molecular weight is 401 g/mol. The highest BCUT2D eigenvalue weighted by Gasteiger charge is 2.13. The van der Waals surface area contributed by atoms with E-state index in [1.54, 1.807) is 16.7 Å². The zero-order chi connectivity index (χ0) is 20.3. The number of carbonyl (C=O) groups is 2. The Bertz CT molecular complexity index is 1080. The summed E-state index contributed by atoms with van der Waals surface area (Å²) in [6.45, 7) is 6.77. The summed E-state index contributed by atoms with van der Waals surface area (Å²) in [5.41, 5.74) is 6.98. The molecule has 0 aliphatic rings. The number of amides is 2. The molecule has 0 spiro atoms. The number of hydrogen-bond donors (Lipinski definition) is 3. The van der Waals surface area contributed by atoms with Gasteiger partial charge in [0.15, 0.2) is 4.77 Å². The van der Waals surface area contributed by atoms with Crippen molar-refractivity contribution in [1.82, 2.24) is 35.2 Å². The Kier molecular flexibility index (Phi) is 5.88. The zero-order valence-electron chi connectivity index (χ0n) is 16.1. The summed E-state index contributed by atoms with van der Waals surface area (Å²) in [4.78, 5) is 29.1. The van der Waals surface area contributed by atoms with E-state index in [2.05, 4.69) is 30.6 Å². The molecular formula is C18H23N7O2S. The number of aryl methyl sites for hydroxylation is 3. The van der Waals surface area contributed by atoms with E-state index in [1.807, 2.05) is 26.8 Å². The summed E-state index contributed by atoms with van der Waals surface area (Å²) < 4.78 is 4.06. The van der Waals surface area contributed by atoms with Gasteiger partial charge >= 0.3 is 0 Å². The number of aromatic nitrogens is 5. The van der Waals surface area contributed by atoms with Crippen LogP contribution in [-0.2, 0) is 24.3 Å². The lowest BCUT2D eigenvalue weighted by Crippen LogP contribution is -2.43. The molecule has 2 heterocycles. The van der Waals surface area contributed by atoms with Crippen LogP contribution in [0.3, 0.4) is 0 Å². The van der Waals surface area contributed by atoms with Crippen molar-refractivity contribution in [2.75, 3.05) is 0 Å². The molecule has 0 radical (unpaired) electrons. The second-order valence-electron chi connectivity index (χ2n) is 6.39. The van der Waals surface area contributed by atoms with Crippen LogP contribution in [0.15, 0.2) is 18.2 Å². The van der Waals surface area contributed by atoms with E-state index < -0.39 is 11.8 Å². The van der Waals surface area contributed by atoms with Gasteiger partial charge in [0.25, 0.3) is 11.8 Å². The van der Waals surface area contributed by atoms with Gasteiger partial charge < -0.3 is 4.57 Å². The number of nitrogens with zero attached hydrogens (tertiary/aromatic N) is 4. The van der Waals surface area contributed by atoms with E-state index in [0.29, 0.717) is 22.6 Å². The third kappa shape index (κ3) is 3.96. The fourth-order valence-corrected chi connectivity index (χ4v) is 3.32. The number of rotatable bonds is 6. The molecule has 9 nitrogen and oxygen atoms in total. The van der Waals surface area contributed by atoms with Crippen molar-refractivity contribution in [3.63, 3.8) is 0 Å². The molecule has 0 saturated heterocycles. The molecule has 2 aromatic heterocycles. The molecule has 1 aromatic carbocycles. The topological polar surface area (TPSA) is 110 Å². The predicted molar refractivity (Wildman–Crippen MR) is 107 cm³/mol. The molecule has 0 bridgehead atoms. The molecule has 0 saturated carbocycles. The van der Waals surface area contributed by atoms with E-state index in [1.165, 1.54) is 0 Å². The molecular weight excluding hydrogens is 378 g/mol. The number of aromatic amines is 1. The Labute approximate surface area is 167 Å². The molecule has 0 unspecified atom stereocenters. The Morgan fingerprint density at radius 3 is 2.71 bits per heavy atom. The molecule has 0 aliphatic carbocycles. The minimum Gasteiger partial charge on any atom is -0.329 e. The standard InChI is InChI=1S/C18H23N7O2S/c1-4-6-15-20-23-18(28)25(15)10-16(26)21-22-17(27)12-7-8-14-13(9-12)19-11(3)24(14)5-2/h7-9H,4-6,10H2,1-3H3,(H,21,26)(H,22,27)(H,23,28). The van der Waals surface area contributed by atoms with Gasteiger partial charge in [-0.05, 0) is 50.7 Å². The normalized spacial score (nSPS) is 11.0. The van der Waals surface area contributed by atoms with Gasteiger partial charge in [-0.15, -0.1) is 0 Å². The first-order valence-electron chi connectivity index (χ1n) is 9.14. The number of benzene rings is 1. The monoisotopic (exact) mass is 401 g/mol. The molecule has 0 fully saturated rings. The van der Waals surface area contributed by atoms with Gasteiger partial charge in [0.05, 0.1) is 11.0 Å². The summed E-state index contributed by atoms with van der Waals surface area (Å²) in [7, 11) is 0.